The number of thiophene rings is 1. The Morgan fingerprint density at radius 1 is 1.18 bits per heavy atom. The summed E-state index contributed by atoms with van der Waals surface area (Å²) in [6.45, 7) is 2.05. The Kier molecular flexibility index (Phi) is 4.16. The van der Waals surface area contributed by atoms with Crippen molar-refractivity contribution in [3.8, 4) is 0 Å². The van der Waals surface area contributed by atoms with Gasteiger partial charge in [0.25, 0.3) is 0 Å². The number of halogens is 3. The van der Waals surface area contributed by atoms with Crippen LogP contribution in [0.1, 0.15) is 22.0 Å². The molecule has 1 aromatic heterocycles. The Morgan fingerprint density at radius 3 is 2.24 bits per heavy atom. The van der Waals surface area contributed by atoms with Gasteiger partial charge in [-0.2, -0.15) is 0 Å². The summed E-state index contributed by atoms with van der Waals surface area (Å²) >= 11 is 17.1. The molecule has 0 aliphatic heterocycles. The first-order valence-corrected chi connectivity index (χ1v) is 7.31. The van der Waals surface area contributed by atoms with Crippen molar-refractivity contribution in [3.05, 3.63) is 54.1 Å². The Morgan fingerprint density at radius 2 is 1.76 bits per heavy atom. The number of nitrogens with two attached hydrogens (primary N) is 1. The zero-order valence-electron chi connectivity index (χ0n) is 9.01. The van der Waals surface area contributed by atoms with Gasteiger partial charge in [-0.15, -0.1) is 11.3 Å². The van der Waals surface area contributed by atoms with Crippen LogP contribution in [0, 0.1) is 6.92 Å². The molecule has 90 valence electrons. The molecule has 1 unspecified atom stereocenters. The quantitative estimate of drug-likeness (QED) is 0.793. The van der Waals surface area contributed by atoms with Gasteiger partial charge in [0.15, 0.2) is 0 Å². The third-order valence-electron chi connectivity index (χ3n) is 2.51. The maximum absolute atomic E-state index is 6.24. The minimum atomic E-state index is -0.200. The monoisotopic (exact) mass is 349 g/mol. The van der Waals surface area contributed by atoms with E-state index in [-0.39, 0.29) is 6.04 Å². The van der Waals surface area contributed by atoms with Gasteiger partial charge in [-0.3, -0.25) is 0 Å². The lowest BCUT2D eigenvalue weighted by molar-refractivity contribution is 0.869. The van der Waals surface area contributed by atoms with Crippen LogP contribution in [0.15, 0.2) is 28.1 Å². The van der Waals surface area contributed by atoms with Crippen molar-refractivity contribution in [2.75, 3.05) is 0 Å². The molecule has 2 aromatic rings. The summed E-state index contributed by atoms with van der Waals surface area (Å²) < 4.78 is 1.08. The van der Waals surface area contributed by atoms with Crippen molar-refractivity contribution in [1.82, 2.24) is 0 Å². The molecule has 1 aromatic carbocycles. The maximum atomic E-state index is 6.24. The van der Waals surface area contributed by atoms with Gasteiger partial charge in [-0.25, -0.2) is 0 Å². The zero-order valence-corrected chi connectivity index (χ0v) is 12.9. The first-order chi connectivity index (χ1) is 7.97. The van der Waals surface area contributed by atoms with Crippen molar-refractivity contribution in [3.63, 3.8) is 0 Å². The van der Waals surface area contributed by atoms with Crippen molar-refractivity contribution in [1.29, 1.82) is 0 Å². The largest absolute Gasteiger partial charge is 0.320 e. The molecule has 1 atom stereocenters. The highest BCUT2D eigenvalue weighted by Gasteiger charge is 2.15. The Bertz CT molecular complexity index is 533. The fourth-order valence-electron chi connectivity index (χ4n) is 1.70. The fraction of sp³-hybridized carbons (Fsp3) is 0.167. The van der Waals surface area contributed by atoms with Gasteiger partial charge in [0.05, 0.1) is 9.83 Å². The van der Waals surface area contributed by atoms with E-state index in [1.54, 1.807) is 17.4 Å². The lowest BCUT2D eigenvalue weighted by Gasteiger charge is -2.12. The van der Waals surface area contributed by atoms with Crippen molar-refractivity contribution in [2.45, 2.75) is 13.0 Å². The molecule has 5 heteroatoms. The average Bonchev–Trinajstić information content (AvgIpc) is 2.55. The second-order valence-corrected chi connectivity index (χ2v) is 7.25. The summed E-state index contributed by atoms with van der Waals surface area (Å²) in [5.41, 5.74) is 8.26. The molecule has 0 aliphatic carbocycles. The summed E-state index contributed by atoms with van der Waals surface area (Å²) in [4.78, 5) is 1.19. The second-order valence-electron chi connectivity index (χ2n) is 3.74. The normalized spacial score (nSPS) is 12.8. The summed E-state index contributed by atoms with van der Waals surface area (Å²) in [6.07, 6.45) is 0. The van der Waals surface area contributed by atoms with Crippen LogP contribution in [0.4, 0.5) is 0 Å². The predicted molar refractivity (Wildman–Crippen MR) is 79.2 cm³/mol. The molecule has 0 aliphatic rings. The van der Waals surface area contributed by atoms with Gasteiger partial charge in [0.2, 0.25) is 0 Å². The van der Waals surface area contributed by atoms with Crippen LogP contribution in [-0.4, -0.2) is 0 Å². The number of hydrogen-bond donors (Lipinski definition) is 1. The Hall–Kier alpha value is -0.0600. The molecule has 2 rings (SSSR count). The third kappa shape index (κ3) is 3.04. The second kappa shape index (κ2) is 5.29. The van der Waals surface area contributed by atoms with E-state index in [0.29, 0.717) is 10.0 Å². The molecule has 1 heterocycles. The van der Waals surface area contributed by atoms with E-state index in [1.165, 1.54) is 4.88 Å². The van der Waals surface area contributed by atoms with Crippen LogP contribution in [0.5, 0.6) is 0 Å². The van der Waals surface area contributed by atoms with E-state index >= 15 is 0 Å². The zero-order chi connectivity index (χ0) is 12.6. The molecular formula is C12H10BrCl2NS. The van der Waals surface area contributed by atoms with Gasteiger partial charge in [0, 0.05) is 14.9 Å². The van der Waals surface area contributed by atoms with E-state index in [0.717, 1.165) is 14.9 Å². The van der Waals surface area contributed by atoms with Crippen LogP contribution in [0.3, 0.4) is 0 Å². The SMILES string of the molecule is Cc1sc(Br)cc1C(N)c1cc(Cl)cc(Cl)c1. The van der Waals surface area contributed by atoms with Crippen LogP contribution in [0.25, 0.3) is 0 Å². The molecule has 0 radical (unpaired) electrons. The van der Waals surface area contributed by atoms with E-state index in [1.807, 2.05) is 18.2 Å². The molecule has 0 spiro atoms. The molecule has 0 saturated heterocycles. The number of benzene rings is 1. The topological polar surface area (TPSA) is 26.0 Å². The summed E-state index contributed by atoms with van der Waals surface area (Å²) in [5, 5.41) is 1.21. The number of hydrogen-bond acceptors (Lipinski definition) is 2. The third-order valence-corrected chi connectivity index (χ3v) is 4.51. The lowest BCUT2D eigenvalue weighted by Crippen LogP contribution is -2.11. The smallest absolute Gasteiger partial charge is 0.0704 e. The van der Waals surface area contributed by atoms with E-state index in [9.17, 15) is 0 Å². The highest BCUT2D eigenvalue weighted by Crippen LogP contribution is 2.34. The predicted octanol–water partition coefficient (Wildman–Crippen LogP) is 5.17. The van der Waals surface area contributed by atoms with E-state index in [4.69, 9.17) is 28.9 Å². The molecular weight excluding hydrogens is 341 g/mol. The first kappa shape index (κ1) is 13.4. The van der Waals surface area contributed by atoms with Crippen molar-refractivity contribution < 1.29 is 0 Å². The van der Waals surface area contributed by atoms with Gasteiger partial charge in [-0.1, -0.05) is 23.2 Å². The summed E-state index contributed by atoms with van der Waals surface area (Å²) in [7, 11) is 0. The first-order valence-electron chi connectivity index (χ1n) is 4.95. The fourth-order valence-corrected chi connectivity index (χ4v) is 4.00. The lowest BCUT2D eigenvalue weighted by atomic mass is 10.0. The molecule has 0 bridgehead atoms. The molecule has 0 fully saturated rings. The van der Waals surface area contributed by atoms with Gasteiger partial charge in [0.1, 0.15) is 0 Å². The highest BCUT2D eigenvalue weighted by molar-refractivity contribution is 9.11. The van der Waals surface area contributed by atoms with Crippen LogP contribution >= 0.6 is 50.5 Å². The Labute approximate surface area is 123 Å². The standard InChI is InChI=1S/C12H10BrCl2NS/c1-6-10(5-11(13)17-6)12(16)7-2-8(14)4-9(15)3-7/h2-5,12H,16H2,1H3. The van der Waals surface area contributed by atoms with Crippen molar-refractivity contribution in [2.24, 2.45) is 5.73 Å². The molecule has 0 amide bonds. The number of rotatable bonds is 2. The van der Waals surface area contributed by atoms with Crippen molar-refractivity contribution >= 4 is 50.5 Å². The van der Waals surface area contributed by atoms with Crippen LogP contribution in [-0.2, 0) is 0 Å². The molecule has 2 N–H and O–H groups in total. The minimum absolute atomic E-state index is 0.200. The highest BCUT2D eigenvalue weighted by atomic mass is 79.9. The van der Waals surface area contributed by atoms with E-state index in [2.05, 4.69) is 22.9 Å². The minimum Gasteiger partial charge on any atom is -0.320 e. The van der Waals surface area contributed by atoms with E-state index < -0.39 is 0 Å². The number of aryl methyl sites for hydroxylation is 1. The average molecular weight is 351 g/mol. The van der Waals surface area contributed by atoms with Gasteiger partial charge in [-0.05, 0) is 58.2 Å². The molecule has 1 nitrogen and oxygen atoms in total. The van der Waals surface area contributed by atoms with Gasteiger partial charge < -0.3 is 5.73 Å². The maximum Gasteiger partial charge on any atom is 0.0704 e. The Balaban J connectivity index is 2.43. The van der Waals surface area contributed by atoms with Gasteiger partial charge >= 0.3 is 0 Å². The van der Waals surface area contributed by atoms with Crippen LogP contribution in [0.2, 0.25) is 10.0 Å². The summed E-state index contributed by atoms with van der Waals surface area (Å²) in [5.74, 6) is 0. The molecule has 0 saturated carbocycles. The molecule has 17 heavy (non-hydrogen) atoms. The van der Waals surface area contributed by atoms with Crippen LogP contribution < -0.4 is 5.73 Å². The summed E-state index contributed by atoms with van der Waals surface area (Å²) in [6, 6.07) is 7.25.